The van der Waals surface area contributed by atoms with E-state index in [0.717, 1.165) is 0 Å². The molecule has 2 amide bonds. The van der Waals surface area contributed by atoms with Gasteiger partial charge in [0.1, 0.15) is 5.75 Å². The highest BCUT2D eigenvalue weighted by Crippen LogP contribution is 2.22. The number of carbonyl (C=O) groups excluding carboxylic acids is 2. The van der Waals surface area contributed by atoms with Crippen molar-refractivity contribution in [3.63, 3.8) is 0 Å². The number of benzene rings is 1. The Bertz CT molecular complexity index is 513. The minimum absolute atomic E-state index is 0.0488. The van der Waals surface area contributed by atoms with Crippen LogP contribution in [0, 0.1) is 0 Å². The number of hydrogen-bond donors (Lipinski definition) is 1. The average Bonchev–Trinajstić information content (AvgIpc) is 2.48. The van der Waals surface area contributed by atoms with Crippen molar-refractivity contribution in [2.24, 2.45) is 0 Å². The third-order valence-electron chi connectivity index (χ3n) is 3.32. The lowest BCUT2D eigenvalue weighted by Crippen LogP contribution is -2.41. The van der Waals surface area contributed by atoms with Gasteiger partial charge in [-0.25, -0.2) is 0 Å². The lowest BCUT2D eigenvalue weighted by Gasteiger charge is -2.23. The maximum atomic E-state index is 12.3. The summed E-state index contributed by atoms with van der Waals surface area (Å²) in [4.78, 5) is 27.4. The van der Waals surface area contributed by atoms with E-state index in [2.05, 4.69) is 0 Å². The first-order valence-electron chi connectivity index (χ1n) is 6.91. The molecule has 0 radical (unpaired) electrons. The lowest BCUT2D eigenvalue weighted by atomic mass is 10.1. The van der Waals surface area contributed by atoms with Crippen molar-refractivity contribution in [1.82, 2.24) is 9.80 Å². The van der Waals surface area contributed by atoms with Gasteiger partial charge in [0.15, 0.2) is 0 Å². The molecule has 21 heavy (non-hydrogen) atoms. The average molecular weight is 293 g/mol. The summed E-state index contributed by atoms with van der Waals surface area (Å²) in [6.45, 7) is 5.13. The normalized spacial score (nSPS) is 10.1. The number of nitrogens with zero attached hydrogens (tertiary/aromatic N) is 2. The Morgan fingerprint density at radius 1 is 1.24 bits per heavy atom. The molecule has 0 spiro atoms. The zero-order valence-corrected chi connectivity index (χ0v) is 13.0. The van der Waals surface area contributed by atoms with Crippen molar-refractivity contribution < 1.29 is 14.3 Å². The van der Waals surface area contributed by atoms with Gasteiger partial charge in [0.25, 0.3) is 5.91 Å². The molecular formula is C15H23N3O3. The van der Waals surface area contributed by atoms with Crippen LogP contribution in [0.3, 0.4) is 0 Å². The summed E-state index contributed by atoms with van der Waals surface area (Å²) >= 11 is 0. The second-order valence-corrected chi connectivity index (χ2v) is 4.68. The molecule has 0 aromatic heterocycles. The molecule has 6 heteroatoms. The Hall–Kier alpha value is -2.24. The number of amides is 2. The fourth-order valence-corrected chi connectivity index (χ4v) is 2.02. The predicted molar refractivity (Wildman–Crippen MR) is 82.3 cm³/mol. The molecular weight excluding hydrogens is 270 g/mol. The summed E-state index contributed by atoms with van der Waals surface area (Å²) in [6.07, 6.45) is 0. The third-order valence-corrected chi connectivity index (χ3v) is 3.32. The number of methoxy groups -OCH3 is 1. The largest absolute Gasteiger partial charge is 0.495 e. The minimum atomic E-state index is -0.242. The van der Waals surface area contributed by atoms with Crippen LogP contribution < -0.4 is 10.5 Å². The maximum Gasteiger partial charge on any atom is 0.254 e. The summed E-state index contributed by atoms with van der Waals surface area (Å²) in [7, 11) is 3.10. The van der Waals surface area contributed by atoms with Gasteiger partial charge in [0, 0.05) is 25.7 Å². The molecule has 0 bridgehead atoms. The van der Waals surface area contributed by atoms with Crippen LogP contribution >= 0.6 is 0 Å². The van der Waals surface area contributed by atoms with Crippen molar-refractivity contribution in [1.29, 1.82) is 0 Å². The number of nitrogens with two attached hydrogens (primary N) is 1. The molecule has 0 aliphatic heterocycles. The van der Waals surface area contributed by atoms with Gasteiger partial charge >= 0.3 is 0 Å². The number of carbonyl (C=O) groups is 2. The highest BCUT2D eigenvalue weighted by molar-refractivity contribution is 5.97. The molecule has 1 aromatic carbocycles. The van der Waals surface area contributed by atoms with E-state index < -0.39 is 0 Å². The summed E-state index contributed by atoms with van der Waals surface area (Å²) < 4.78 is 5.10. The van der Waals surface area contributed by atoms with E-state index in [1.165, 1.54) is 12.0 Å². The van der Waals surface area contributed by atoms with E-state index in [4.69, 9.17) is 10.5 Å². The van der Waals surface area contributed by atoms with E-state index in [1.54, 1.807) is 30.1 Å². The standard InChI is InChI=1S/C15H23N3O3/c1-5-18(6-2)14(19)10-17(3)15(20)11-7-8-12(16)13(9-11)21-4/h7-9H,5-6,10,16H2,1-4H3. The van der Waals surface area contributed by atoms with Gasteiger partial charge in [-0.1, -0.05) is 0 Å². The molecule has 0 heterocycles. The highest BCUT2D eigenvalue weighted by atomic mass is 16.5. The smallest absolute Gasteiger partial charge is 0.254 e. The Morgan fingerprint density at radius 3 is 2.38 bits per heavy atom. The number of anilines is 1. The van der Waals surface area contributed by atoms with Crippen LogP contribution in [0.15, 0.2) is 18.2 Å². The molecule has 2 N–H and O–H groups in total. The Labute approximate surface area is 125 Å². The summed E-state index contributed by atoms with van der Waals surface area (Å²) in [6, 6.07) is 4.82. The highest BCUT2D eigenvalue weighted by Gasteiger charge is 2.18. The Morgan fingerprint density at radius 2 is 1.86 bits per heavy atom. The topological polar surface area (TPSA) is 75.9 Å². The van der Waals surface area contributed by atoms with Crippen LogP contribution in [-0.2, 0) is 4.79 Å². The maximum absolute atomic E-state index is 12.3. The quantitative estimate of drug-likeness (QED) is 0.800. The molecule has 0 atom stereocenters. The van der Waals surface area contributed by atoms with E-state index >= 15 is 0 Å². The SMILES string of the molecule is CCN(CC)C(=O)CN(C)C(=O)c1ccc(N)c(OC)c1. The molecule has 1 aromatic rings. The third kappa shape index (κ3) is 4.11. The van der Waals surface area contributed by atoms with Gasteiger partial charge in [-0.15, -0.1) is 0 Å². The minimum Gasteiger partial charge on any atom is -0.495 e. The Balaban J connectivity index is 2.81. The first-order chi connectivity index (χ1) is 9.94. The zero-order chi connectivity index (χ0) is 16.0. The van der Waals surface area contributed by atoms with E-state index in [-0.39, 0.29) is 18.4 Å². The van der Waals surface area contributed by atoms with Crippen LogP contribution in [0.1, 0.15) is 24.2 Å². The predicted octanol–water partition coefficient (Wildman–Crippen LogP) is 1.22. The second kappa shape index (κ2) is 7.52. The molecule has 0 aliphatic rings. The van der Waals surface area contributed by atoms with Crippen molar-refractivity contribution in [3.05, 3.63) is 23.8 Å². The van der Waals surface area contributed by atoms with Gasteiger partial charge in [0.05, 0.1) is 19.3 Å². The van der Waals surface area contributed by atoms with Gasteiger partial charge in [-0.3, -0.25) is 9.59 Å². The monoisotopic (exact) mass is 293 g/mol. The molecule has 1 rings (SSSR count). The molecule has 0 aliphatic carbocycles. The van der Waals surface area contributed by atoms with Crippen LogP contribution in [0.5, 0.6) is 5.75 Å². The van der Waals surface area contributed by atoms with Crippen molar-refractivity contribution in [2.75, 3.05) is 39.5 Å². The molecule has 0 saturated heterocycles. The first kappa shape index (κ1) is 16.8. The zero-order valence-electron chi connectivity index (χ0n) is 13.0. The van der Waals surface area contributed by atoms with Gasteiger partial charge in [-0.05, 0) is 32.0 Å². The molecule has 6 nitrogen and oxygen atoms in total. The van der Waals surface area contributed by atoms with Crippen molar-refractivity contribution in [3.8, 4) is 5.75 Å². The Kier molecular flexibility index (Phi) is 6.02. The van der Waals surface area contributed by atoms with Gasteiger partial charge in [0.2, 0.25) is 5.91 Å². The van der Waals surface area contributed by atoms with Crippen LogP contribution in [0.2, 0.25) is 0 Å². The second-order valence-electron chi connectivity index (χ2n) is 4.68. The van der Waals surface area contributed by atoms with E-state index in [9.17, 15) is 9.59 Å². The van der Waals surface area contributed by atoms with Crippen LogP contribution in [0.4, 0.5) is 5.69 Å². The number of hydrogen-bond acceptors (Lipinski definition) is 4. The lowest BCUT2D eigenvalue weighted by molar-refractivity contribution is -0.131. The fourth-order valence-electron chi connectivity index (χ4n) is 2.02. The molecule has 0 fully saturated rings. The summed E-state index contributed by atoms with van der Waals surface area (Å²) in [5, 5.41) is 0. The number of nitrogen functional groups attached to an aromatic ring is 1. The number of ether oxygens (including phenoxy) is 1. The molecule has 0 saturated carbocycles. The van der Waals surface area contributed by atoms with Crippen LogP contribution in [-0.4, -0.2) is 55.4 Å². The summed E-state index contributed by atoms with van der Waals surface area (Å²) in [5.74, 6) is 0.136. The van der Waals surface area contributed by atoms with Gasteiger partial charge < -0.3 is 20.3 Å². The van der Waals surface area contributed by atoms with Crippen LogP contribution in [0.25, 0.3) is 0 Å². The summed E-state index contributed by atoms with van der Waals surface area (Å²) in [5.41, 5.74) is 6.63. The van der Waals surface area contributed by atoms with Crippen molar-refractivity contribution in [2.45, 2.75) is 13.8 Å². The number of likely N-dealkylation sites (N-methyl/N-ethyl adjacent to an activating group) is 2. The number of rotatable bonds is 6. The van der Waals surface area contributed by atoms with E-state index in [0.29, 0.717) is 30.1 Å². The van der Waals surface area contributed by atoms with Gasteiger partial charge in [-0.2, -0.15) is 0 Å². The molecule has 0 unspecified atom stereocenters. The fraction of sp³-hybridized carbons (Fsp3) is 0.467. The van der Waals surface area contributed by atoms with E-state index in [1.807, 2.05) is 13.8 Å². The first-order valence-corrected chi connectivity index (χ1v) is 6.91. The molecule has 116 valence electrons. The van der Waals surface area contributed by atoms with Crippen molar-refractivity contribution >= 4 is 17.5 Å².